The Hall–Kier alpha value is -1.33. The van der Waals surface area contributed by atoms with Gasteiger partial charge in [0.05, 0.1) is 6.20 Å². The lowest BCUT2D eigenvalue weighted by molar-refractivity contribution is 0.516. The van der Waals surface area contributed by atoms with Gasteiger partial charge in [0.15, 0.2) is 0 Å². The van der Waals surface area contributed by atoms with E-state index in [0.29, 0.717) is 0 Å². The van der Waals surface area contributed by atoms with Gasteiger partial charge in [-0.15, -0.1) is 0 Å². The molecule has 1 atom stereocenters. The van der Waals surface area contributed by atoms with Crippen LogP contribution in [0.3, 0.4) is 0 Å². The lowest BCUT2D eigenvalue weighted by Crippen LogP contribution is -2.26. The van der Waals surface area contributed by atoms with Crippen molar-refractivity contribution < 1.29 is 0 Å². The predicted octanol–water partition coefficient (Wildman–Crippen LogP) is 3.10. The number of aryl methyl sites for hydroxylation is 1. The summed E-state index contributed by atoms with van der Waals surface area (Å²) < 4.78 is 1.14. The van der Waals surface area contributed by atoms with Gasteiger partial charge in [-0.2, -0.15) is 5.10 Å². The highest BCUT2D eigenvalue weighted by Gasteiger charge is 2.22. The van der Waals surface area contributed by atoms with Crippen LogP contribution in [0, 0.1) is 12.8 Å². The van der Waals surface area contributed by atoms with Gasteiger partial charge in [0, 0.05) is 47.6 Å². The molecule has 0 bridgehead atoms. The molecular formula is C16H21BrN4. The molecule has 21 heavy (non-hydrogen) atoms. The molecule has 1 saturated heterocycles. The van der Waals surface area contributed by atoms with Crippen LogP contribution in [0.1, 0.15) is 17.7 Å². The fourth-order valence-corrected chi connectivity index (χ4v) is 3.11. The summed E-state index contributed by atoms with van der Waals surface area (Å²) in [6.45, 7) is 6.32. The quantitative estimate of drug-likeness (QED) is 0.872. The van der Waals surface area contributed by atoms with Crippen LogP contribution in [-0.2, 0) is 6.54 Å². The molecule has 5 heteroatoms. The topological polar surface area (TPSA) is 44.0 Å². The summed E-state index contributed by atoms with van der Waals surface area (Å²) in [6, 6.07) is 8.61. The smallest absolute Gasteiger partial charge is 0.0535 e. The number of rotatable bonds is 5. The molecule has 0 amide bonds. The van der Waals surface area contributed by atoms with Crippen molar-refractivity contribution in [1.82, 2.24) is 15.5 Å². The maximum atomic E-state index is 4.05. The second-order valence-electron chi connectivity index (χ2n) is 5.73. The Morgan fingerprint density at radius 3 is 2.90 bits per heavy atom. The Kier molecular flexibility index (Phi) is 4.60. The number of aromatic nitrogens is 2. The summed E-state index contributed by atoms with van der Waals surface area (Å²) in [5.41, 5.74) is 3.74. The SMILES string of the molecule is Cc1[nH]ncc1CNCC1CCN(c2ccc(Br)cc2)C1. The lowest BCUT2D eigenvalue weighted by Gasteiger charge is -2.19. The van der Waals surface area contributed by atoms with Gasteiger partial charge in [-0.1, -0.05) is 15.9 Å². The molecule has 2 N–H and O–H groups in total. The lowest BCUT2D eigenvalue weighted by atomic mass is 10.1. The first-order valence-electron chi connectivity index (χ1n) is 7.42. The van der Waals surface area contributed by atoms with Crippen molar-refractivity contribution in [1.29, 1.82) is 0 Å². The molecule has 0 radical (unpaired) electrons. The first-order valence-corrected chi connectivity index (χ1v) is 8.22. The summed E-state index contributed by atoms with van der Waals surface area (Å²) in [4.78, 5) is 2.47. The fraction of sp³-hybridized carbons (Fsp3) is 0.438. The van der Waals surface area contributed by atoms with E-state index in [4.69, 9.17) is 0 Å². The molecule has 1 aromatic heterocycles. The average Bonchev–Trinajstić information content (AvgIpc) is 3.10. The van der Waals surface area contributed by atoms with E-state index in [2.05, 4.69) is 67.5 Å². The second-order valence-corrected chi connectivity index (χ2v) is 6.64. The Labute approximate surface area is 134 Å². The fourth-order valence-electron chi connectivity index (χ4n) is 2.85. The van der Waals surface area contributed by atoms with E-state index < -0.39 is 0 Å². The van der Waals surface area contributed by atoms with Crippen molar-refractivity contribution in [3.05, 3.63) is 46.2 Å². The normalized spacial score (nSPS) is 18.4. The zero-order valence-electron chi connectivity index (χ0n) is 12.3. The molecule has 0 spiro atoms. The van der Waals surface area contributed by atoms with E-state index >= 15 is 0 Å². The highest BCUT2D eigenvalue weighted by Crippen LogP contribution is 2.25. The van der Waals surface area contributed by atoms with Crippen LogP contribution in [-0.4, -0.2) is 29.8 Å². The van der Waals surface area contributed by atoms with E-state index in [-0.39, 0.29) is 0 Å². The van der Waals surface area contributed by atoms with Gasteiger partial charge in [-0.25, -0.2) is 0 Å². The van der Waals surface area contributed by atoms with Crippen molar-refractivity contribution >= 4 is 21.6 Å². The van der Waals surface area contributed by atoms with Gasteiger partial charge in [-0.05, 0) is 43.5 Å². The maximum absolute atomic E-state index is 4.05. The van der Waals surface area contributed by atoms with E-state index in [1.807, 2.05) is 6.20 Å². The first kappa shape index (κ1) is 14.6. The number of benzene rings is 1. The summed E-state index contributed by atoms with van der Waals surface area (Å²) >= 11 is 3.49. The minimum absolute atomic E-state index is 0.723. The van der Waals surface area contributed by atoms with Crippen LogP contribution in [0.2, 0.25) is 0 Å². The Balaban J connectivity index is 1.46. The minimum Gasteiger partial charge on any atom is -0.371 e. The molecule has 0 saturated carbocycles. The number of hydrogen-bond donors (Lipinski definition) is 2. The van der Waals surface area contributed by atoms with Gasteiger partial charge in [0.1, 0.15) is 0 Å². The maximum Gasteiger partial charge on any atom is 0.0535 e. The zero-order chi connectivity index (χ0) is 14.7. The molecule has 1 aromatic carbocycles. The van der Waals surface area contributed by atoms with Crippen LogP contribution in [0.15, 0.2) is 34.9 Å². The number of H-pyrrole nitrogens is 1. The molecule has 112 valence electrons. The number of anilines is 1. The van der Waals surface area contributed by atoms with Crippen LogP contribution in [0.4, 0.5) is 5.69 Å². The molecule has 2 heterocycles. The first-order chi connectivity index (χ1) is 10.2. The van der Waals surface area contributed by atoms with Crippen LogP contribution in [0.5, 0.6) is 0 Å². The van der Waals surface area contributed by atoms with Gasteiger partial charge >= 0.3 is 0 Å². The van der Waals surface area contributed by atoms with E-state index in [0.717, 1.165) is 42.3 Å². The number of hydrogen-bond acceptors (Lipinski definition) is 3. The third-order valence-corrected chi connectivity index (χ3v) is 4.69. The molecule has 1 aliphatic heterocycles. The number of nitrogens with zero attached hydrogens (tertiary/aromatic N) is 2. The monoisotopic (exact) mass is 348 g/mol. The van der Waals surface area contributed by atoms with Crippen LogP contribution < -0.4 is 10.2 Å². The molecule has 0 aliphatic carbocycles. The predicted molar refractivity (Wildman–Crippen MR) is 89.5 cm³/mol. The van der Waals surface area contributed by atoms with Gasteiger partial charge in [0.25, 0.3) is 0 Å². The summed E-state index contributed by atoms with van der Waals surface area (Å²) in [7, 11) is 0. The van der Waals surface area contributed by atoms with Crippen molar-refractivity contribution in [2.75, 3.05) is 24.5 Å². The molecule has 1 aliphatic rings. The highest BCUT2D eigenvalue weighted by atomic mass is 79.9. The van der Waals surface area contributed by atoms with E-state index in [1.54, 1.807) is 0 Å². The molecule has 2 aromatic rings. The highest BCUT2D eigenvalue weighted by molar-refractivity contribution is 9.10. The third-order valence-electron chi connectivity index (χ3n) is 4.16. The Bertz CT molecular complexity index is 578. The van der Waals surface area contributed by atoms with Gasteiger partial charge in [0.2, 0.25) is 0 Å². The number of aromatic amines is 1. The molecule has 1 unspecified atom stereocenters. The van der Waals surface area contributed by atoms with Crippen LogP contribution >= 0.6 is 15.9 Å². The van der Waals surface area contributed by atoms with Crippen LogP contribution in [0.25, 0.3) is 0 Å². The Morgan fingerprint density at radius 1 is 1.38 bits per heavy atom. The van der Waals surface area contributed by atoms with Crippen molar-refractivity contribution in [2.24, 2.45) is 5.92 Å². The van der Waals surface area contributed by atoms with Crippen molar-refractivity contribution in [2.45, 2.75) is 19.9 Å². The summed E-state index contributed by atoms with van der Waals surface area (Å²) in [5.74, 6) is 0.723. The van der Waals surface area contributed by atoms with Gasteiger partial charge in [-0.3, -0.25) is 5.10 Å². The average molecular weight is 349 g/mol. The summed E-state index contributed by atoms with van der Waals surface area (Å²) in [5, 5.41) is 10.6. The third kappa shape index (κ3) is 3.66. The van der Waals surface area contributed by atoms with E-state index in [1.165, 1.54) is 17.7 Å². The largest absolute Gasteiger partial charge is 0.371 e. The number of nitrogens with one attached hydrogen (secondary N) is 2. The van der Waals surface area contributed by atoms with E-state index in [9.17, 15) is 0 Å². The van der Waals surface area contributed by atoms with Crippen molar-refractivity contribution in [3.8, 4) is 0 Å². The van der Waals surface area contributed by atoms with Gasteiger partial charge < -0.3 is 10.2 Å². The molecule has 1 fully saturated rings. The summed E-state index contributed by atoms with van der Waals surface area (Å²) in [6.07, 6.45) is 3.17. The molecular weight excluding hydrogens is 328 g/mol. The molecule has 3 rings (SSSR count). The van der Waals surface area contributed by atoms with Crippen molar-refractivity contribution in [3.63, 3.8) is 0 Å². The second kappa shape index (κ2) is 6.62. The molecule has 4 nitrogen and oxygen atoms in total. The Morgan fingerprint density at radius 2 is 2.19 bits per heavy atom. The number of halogens is 1. The minimum atomic E-state index is 0.723. The standard InChI is InChI=1S/C16H21BrN4/c1-12-14(10-19-20-12)9-18-8-13-6-7-21(11-13)16-4-2-15(17)3-5-16/h2-5,10,13,18H,6-9,11H2,1H3,(H,19,20). The zero-order valence-corrected chi connectivity index (χ0v) is 13.9.